The van der Waals surface area contributed by atoms with Crippen molar-refractivity contribution in [3.8, 4) is 0 Å². The number of anilines is 1. The predicted octanol–water partition coefficient (Wildman–Crippen LogP) is 4.73. The second-order valence-electron chi connectivity index (χ2n) is 4.19. The molecule has 0 aliphatic heterocycles. The predicted molar refractivity (Wildman–Crippen MR) is 72.9 cm³/mol. The largest absolute Gasteiger partial charge is 0.399 e. The van der Waals surface area contributed by atoms with Crippen LogP contribution in [0.5, 0.6) is 0 Å². The van der Waals surface area contributed by atoms with Gasteiger partial charge in [-0.3, -0.25) is 0 Å². The van der Waals surface area contributed by atoms with Crippen molar-refractivity contribution >= 4 is 21.6 Å². The first-order valence-corrected chi connectivity index (χ1v) is 6.35. The van der Waals surface area contributed by atoms with Crippen molar-refractivity contribution in [2.75, 3.05) is 5.73 Å². The highest BCUT2D eigenvalue weighted by molar-refractivity contribution is 9.10. The molecule has 0 fully saturated rings. The van der Waals surface area contributed by atoms with Gasteiger partial charge in [-0.2, -0.15) is 13.2 Å². The molecule has 0 aromatic heterocycles. The number of hydrogen-bond donors (Lipinski definition) is 1. The summed E-state index contributed by atoms with van der Waals surface area (Å²) in [6.45, 7) is 0. The molecule has 0 amide bonds. The molecule has 0 saturated carbocycles. The molecule has 0 bridgehead atoms. The molecule has 0 spiro atoms. The molecule has 1 unspecified atom stereocenters. The van der Waals surface area contributed by atoms with Gasteiger partial charge in [0.1, 0.15) is 5.92 Å². The number of hydrogen-bond acceptors (Lipinski definition) is 1. The molecule has 1 nitrogen and oxygen atoms in total. The SMILES string of the molecule is Nc1ccc(C(c2ccc(Br)cc2)C(F)(F)F)cc1. The van der Waals surface area contributed by atoms with Gasteiger partial charge in [0.2, 0.25) is 0 Å². The molecular weight excluding hydrogens is 319 g/mol. The Hall–Kier alpha value is -1.49. The molecule has 0 saturated heterocycles. The summed E-state index contributed by atoms with van der Waals surface area (Å²) in [5, 5.41) is 0. The van der Waals surface area contributed by atoms with Crippen molar-refractivity contribution in [2.24, 2.45) is 0 Å². The minimum absolute atomic E-state index is 0.184. The fourth-order valence-corrected chi connectivity index (χ4v) is 2.18. The summed E-state index contributed by atoms with van der Waals surface area (Å²) in [7, 11) is 0. The van der Waals surface area contributed by atoms with Crippen LogP contribution in [-0.2, 0) is 0 Å². The Morgan fingerprint density at radius 2 is 1.26 bits per heavy atom. The summed E-state index contributed by atoms with van der Waals surface area (Å²) in [5.41, 5.74) is 6.34. The Balaban J connectivity index is 2.47. The molecule has 2 rings (SSSR count). The van der Waals surface area contributed by atoms with Crippen LogP contribution in [0.4, 0.5) is 18.9 Å². The number of benzene rings is 2. The van der Waals surface area contributed by atoms with Gasteiger partial charge >= 0.3 is 6.18 Å². The Morgan fingerprint density at radius 1 is 0.842 bits per heavy atom. The highest BCUT2D eigenvalue weighted by Gasteiger charge is 2.41. The van der Waals surface area contributed by atoms with Gasteiger partial charge in [-0.25, -0.2) is 0 Å². The second kappa shape index (κ2) is 5.25. The molecule has 5 heteroatoms. The molecule has 0 aliphatic rings. The molecule has 2 aromatic rings. The molecule has 0 aliphatic carbocycles. The smallest absolute Gasteiger partial charge is 0.399 e. The van der Waals surface area contributed by atoms with Gasteiger partial charge in [0.25, 0.3) is 0 Å². The van der Waals surface area contributed by atoms with Crippen LogP contribution in [0.2, 0.25) is 0 Å². The van der Waals surface area contributed by atoms with E-state index in [4.69, 9.17) is 5.73 Å². The van der Waals surface area contributed by atoms with Crippen LogP contribution in [0.3, 0.4) is 0 Å². The van der Waals surface area contributed by atoms with Crippen LogP contribution in [0.1, 0.15) is 17.0 Å². The first-order valence-electron chi connectivity index (χ1n) is 5.55. The average molecular weight is 330 g/mol. The summed E-state index contributed by atoms with van der Waals surface area (Å²) in [5.74, 6) is -1.64. The number of halogens is 4. The monoisotopic (exact) mass is 329 g/mol. The number of rotatable bonds is 2. The summed E-state index contributed by atoms with van der Waals surface area (Å²) < 4.78 is 40.5. The van der Waals surface area contributed by atoms with E-state index in [2.05, 4.69) is 15.9 Å². The van der Waals surface area contributed by atoms with Gasteiger partial charge in [-0.15, -0.1) is 0 Å². The van der Waals surface area contributed by atoms with E-state index < -0.39 is 12.1 Å². The van der Waals surface area contributed by atoms with E-state index in [0.29, 0.717) is 5.69 Å². The fourth-order valence-electron chi connectivity index (χ4n) is 1.91. The van der Waals surface area contributed by atoms with Gasteiger partial charge in [0.05, 0.1) is 0 Å². The van der Waals surface area contributed by atoms with Gasteiger partial charge in [-0.05, 0) is 35.4 Å². The molecular formula is C14H11BrF3N. The third kappa shape index (κ3) is 3.29. The zero-order valence-electron chi connectivity index (χ0n) is 9.79. The van der Waals surface area contributed by atoms with Crippen molar-refractivity contribution in [3.63, 3.8) is 0 Å². The minimum atomic E-state index is -4.34. The Kier molecular flexibility index (Phi) is 3.85. The van der Waals surface area contributed by atoms with E-state index in [9.17, 15) is 13.2 Å². The van der Waals surface area contributed by atoms with Crippen molar-refractivity contribution < 1.29 is 13.2 Å². The van der Waals surface area contributed by atoms with E-state index in [1.165, 1.54) is 36.4 Å². The first-order chi connectivity index (χ1) is 8.88. The van der Waals surface area contributed by atoms with Gasteiger partial charge in [0.15, 0.2) is 0 Å². The summed E-state index contributed by atoms with van der Waals surface area (Å²) in [6.07, 6.45) is -4.34. The number of nitrogens with two attached hydrogens (primary N) is 1. The summed E-state index contributed by atoms with van der Waals surface area (Å²) >= 11 is 3.21. The lowest BCUT2D eigenvalue weighted by Crippen LogP contribution is -2.22. The zero-order valence-corrected chi connectivity index (χ0v) is 11.4. The maximum Gasteiger partial charge on any atom is 0.399 e. The lowest BCUT2D eigenvalue weighted by molar-refractivity contribution is -0.141. The highest BCUT2D eigenvalue weighted by atomic mass is 79.9. The molecule has 2 aromatic carbocycles. The maximum absolute atomic E-state index is 13.2. The van der Waals surface area contributed by atoms with Crippen molar-refractivity contribution in [3.05, 3.63) is 64.1 Å². The van der Waals surface area contributed by atoms with Gasteiger partial charge < -0.3 is 5.73 Å². The third-order valence-corrected chi connectivity index (χ3v) is 3.33. The Bertz CT molecular complexity index is 501. The van der Waals surface area contributed by atoms with E-state index in [-0.39, 0.29) is 11.1 Å². The van der Waals surface area contributed by atoms with E-state index in [1.807, 2.05) is 0 Å². The van der Waals surface area contributed by atoms with E-state index >= 15 is 0 Å². The lowest BCUT2D eigenvalue weighted by Gasteiger charge is -2.21. The summed E-state index contributed by atoms with van der Waals surface area (Å²) in [4.78, 5) is 0. The Morgan fingerprint density at radius 3 is 1.68 bits per heavy atom. The van der Waals surface area contributed by atoms with Crippen molar-refractivity contribution in [1.29, 1.82) is 0 Å². The molecule has 0 radical (unpaired) electrons. The van der Waals surface area contributed by atoms with Crippen molar-refractivity contribution in [2.45, 2.75) is 12.1 Å². The standard InChI is InChI=1S/C14H11BrF3N/c15-11-5-1-9(2-6-11)13(14(16,17)18)10-3-7-12(19)8-4-10/h1-8,13H,19H2. The van der Waals surface area contributed by atoms with Crippen LogP contribution in [-0.4, -0.2) is 6.18 Å². The van der Waals surface area contributed by atoms with E-state index in [1.54, 1.807) is 12.1 Å². The molecule has 0 heterocycles. The maximum atomic E-state index is 13.2. The zero-order chi connectivity index (χ0) is 14.0. The Labute approximate surface area is 117 Å². The molecule has 19 heavy (non-hydrogen) atoms. The second-order valence-corrected chi connectivity index (χ2v) is 5.11. The summed E-state index contributed by atoms with van der Waals surface area (Å²) in [6, 6.07) is 11.9. The first kappa shape index (κ1) is 13.9. The van der Waals surface area contributed by atoms with Crippen LogP contribution < -0.4 is 5.73 Å². The molecule has 1 atom stereocenters. The van der Waals surface area contributed by atoms with E-state index in [0.717, 1.165) is 4.47 Å². The van der Waals surface area contributed by atoms with Crippen LogP contribution in [0, 0.1) is 0 Å². The van der Waals surface area contributed by atoms with Crippen LogP contribution >= 0.6 is 15.9 Å². The quantitative estimate of drug-likeness (QED) is 0.792. The van der Waals surface area contributed by atoms with Crippen LogP contribution in [0.15, 0.2) is 53.0 Å². The number of nitrogen functional groups attached to an aromatic ring is 1. The van der Waals surface area contributed by atoms with Gasteiger partial charge in [-0.1, -0.05) is 40.2 Å². The normalized spacial score (nSPS) is 13.3. The average Bonchev–Trinajstić information content (AvgIpc) is 2.33. The lowest BCUT2D eigenvalue weighted by atomic mass is 9.91. The minimum Gasteiger partial charge on any atom is -0.399 e. The topological polar surface area (TPSA) is 26.0 Å². The highest BCUT2D eigenvalue weighted by Crippen LogP contribution is 2.40. The third-order valence-electron chi connectivity index (χ3n) is 2.80. The van der Waals surface area contributed by atoms with Gasteiger partial charge in [0, 0.05) is 10.2 Å². The van der Waals surface area contributed by atoms with Crippen LogP contribution in [0.25, 0.3) is 0 Å². The number of alkyl halides is 3. The fraction of sp³-hybridized carbons (Fsp3) is 0.143. The molecule has 100 valence electrons. The molecule has 2 N–H and O–H groups in total. The van der Waals surface area contributed by atoms with Crippen molar-refractivity contribution in [1.82, 2.24) is 0 Å².